The molecule has 0 atom stereocenters. The van der Waals surface area contributed by atoms with Gasteiger partial charge in [0, 0.05) is 23.0 Å². The van der Waals surface area contributed by atoms with E-state index in [4.69, 9.17) is 9.47 Å². The topological polar surface area (TPSA) is 18.5 Å². The van der Waals surface area contributed by atoms with Crippen molar-refractivity contribution in [2.75, 3.05) is 36.2 Å². The Morgan fingerprint density at radius 1 is 0.545 bits per heavy atom. The molecule has 2 aromatic rings. The molecule has 2 rings (SSSR count). The molecule has 0 bridgehead atoms. The maximum atomic E-state index is 5.65. The Bertz CT molecular complexity index is 443. The standard InChI is InChI=1S/C18H22O2S2/c1-3-7-17(8-4-1)19-11-13-21-15-16-22-14-12-20-18-9-5-2-6-10-18/h1-10H,11-16H2. The quantitative estimate of drug-likeness (QED) is 0.558. The van der Waals surface area contributed by atoms with E-state index in [0.717, 1.165) is 47.7 Å². The second kappa shape index (κ2) is 11.3. The van der Waals surface area contributed by atoms with Crippen molar-refractivity contribution in [3.63, 3.8) is 0 Å². The van der Waals surface area contributed by atoms with E-state index in [1.54, 1.807) is 0 Å². The van der Waals surface area contributed by atoms with Gasteiger partial charge >= 0.3 is 0 Å². The summed E-state index contributed by atoms with van der Waals surface area (Å²) in [5.74, 6) is 6.31. The molecule has 0 saturated heterocycles. The van der Waals surface area contributed by atoms with Gasteiger partial charge in [-0.2, -0.15) is 23.5 Å². The highest BCUT2D eigenvalue weighted by molar-refractivity contribution is 8.02. The monoisotopic (exact) mass is 334 g/mol. The van der Waals surface area contributed by atoms with Crippen molar-refractivity contribution in [3.05, 3.63) is 60.7 Å². The van der Waals surface area contributed by atoms with Crippen molar-refractivity contribution >= 4 is 23.5 Å². The van der Waals surface area contributed by atoms with E-state index >= 15 is 0 Å². The fourth-order valence-corrected chi connectivity index (χ4v) is 3.55. The van der Waals surface area contributed by atoms with Gasteiger partial charge in [-0.15, -0.1) is 0 Å². The van der Waals surface area contributed by atoms with Crippen LogP contribution < -0.4 is 9.47 Å². The number of ether oxygens (including phenoxy) is 2. The Morgan fingerprint density at radius 2 is 0.955 bits per heavy atom. The van der Waals surface area contributed by atoms with Crippen LogP contribution in [0.15, 0.2) is 60.7 Å². The Morgan fingerprint density at radius 3 is 1.36 bits per heavy atom. The second-order valence-corrected chi connectivity index (χ2v) is 7.00. The van der Waals surface area contributed by atoms with Crippen LogP contribution in [0.3, 0.4) is 0 Å². The van der Waals surface area contributed by atoms with Crippen LogP contribution in [0.2, 0.25) is 0 Å². The van der Waals surface area contributed by atoms with Crippen molar-refractivity contribution in [2.24, 2.45) is 0 Å². The molecule has 0 heterocycles. The molecule has 118 valence electrons. The van der Waals surface area contributed by atoms with E-state index in [-0.39, 0.29) is 0 Å². The van der Waals surface area contributed by atoms with Crippen LogP contribution in [0, 0.1) is 0 Å². The highest BCUT2D eigenvalue weighted by atomic mass is 32.2. The van der Waals surface area contributed by atoms with Gasteiger partial charge in [0.1, 0.15) is 11.5 Å². The van der Waals surface area contributed by atoms with Crippen LogP contribution in [0.1, 0.15) is 0 Å². The zero-order chi connectivity index (χ0) is 15.3. The van der Waals surface area contributed by atoms with E-state index in [1.165, 1.54) is 0 Å². The first-order valence-corrected chi connectivity index (χ1v) is 9.77. The summed E-state index contributed by atoms with van der Waals surface area (Å²) >= 11 is 3.88. The molecule has 0 saturated carbocycles. The van der Waals surface area contributed by atoms with Gasteiger partial charge in [0.05, 0.1) is 13.2 Å². The number of thioether (sulfide) groups is 2. The van der Waals surface area contributed by atoms with Crippen LogP contribution in [0.5, 0.6) is 11.5 Å². The van der Waals surface area contributed by atoms with Crippen molar-refractivity contribution in [1.82, 2.24) is 0 Å². The number of rotatable bonds is 11. The summed E-state index contributed by atoms with van der Waals surface area (Å²) < 4.78 is 11.3. The van der Waals surface area contributed by atoms with Gasteiger partial charge in [0.25, 0.3) is 0 Å². The third-order valence-electron chi connectivity index (χ3n) is 2.85. The SMILES string of the molecule is c1ccc(OCCSCCSCCOc2ccccc2)cc1. The van der Waals surface area contributed by atoms with Gasteiger partial charge in [0.15, 0.2) is 0 Å². The highest BCUT2D eigenvalue weighted by Gasteiger charge is 1.95. The number of benzene rings is 2. The smallest absolute Gasteiger partial charge is 0.119 e. The Hall–Kier alpha value is -1.26. The van der Waals surface area contributed by atoms with Crippen LogP contribution in [0.4, 0.5) is 0 Å². The lowest BCUT2D eigenvalue weighted by atomic mass is 10.3. The maximum absolute atomic E-state index is 5.65. The minimum absolute atomic E-state index is 0.774. The van der Waals surface area contributed by atoms with E-state index in [9.17, 15) is 0 Å². The minimum Gasteiger partial charge on any atom is -0.493 e. The molecule has 0 amide bonds. The first-order chi connectivity index (χ1) is 10.9. The molecular formula is C18H22O2S2. The molecule has 0 aliphatic rings. The van der Waals surface area contributed by atoms with Gasteiger partial charge in [-0.1, -0.05) is 36.4 Å². The fraction of sp³-hybridized carbons (Fsp3) is 0.333. The predicted octanol–water partition coefficient (Wildman–Crippen LogP) is 4.61. The normalized spacial score (nSPS) is 10.4. The Labute approximate surface area is 141 Å². The molecule has 0 fully saturated rings. The molecule has 4 heteroatoms. The van der Waals surface area contributed by atoms with Gasteiger partial charge in [0.2, 0.25) is 0 Å². The largest absolute Gasteiger partial charge is 0.493 e. The average Bonchev–Trinajstić information content (AvgIpc) is 2.58. The van der Waals surface area contributed by atoms with E-state index in [0.29, 0.717) is 0 Å². The Kier molecular flexibility index (Phi) is 8.80. The van der Waals surface area contributed by atoms with Gasteiger partial charge in [-0.25, -0.2) is 0 Å². The molecule has 2 nitrogen and oxygen atoms in total. The lowest BCUT2D eigenvalue weighted by Crippen LogP contribution is -2.03. The first-order valence-electron chi connectivity index (χ1n) is 7.46. The zero-order valence-corrected chi connectivity index (χ0v) is 14.3. The van der Waals surface area contributed by atoms with E-state index < -0.39 is 0 Å². The summed E-state index contributed by atoms with van der Waals surface area (Å²) in [5, 5.41) is 0. The zero-order valence-electron chi connectivity index (χ0n) is 12.6. The number of hydrogen-bond donors (Lipinski definition) is 0. The average molecular weight is 335 g/mol. The van der Waals surface area contributed by atoms with E-state index in [2.05, 4.69) is 0 Å². The summed E-state index contributed by atoms with van der Waals surface area (Å²) in [7, 11) is 0. The lowest BCUT2D eigenvalue weighted by Gasteiger charge is -2.06. The van der Waals surface area contributed by atoms with Crippen molar-refractivity contribution in [2.45, 2.75) is 0 Å². The van der Waals surface area contributed by atoms with Crippen LogP contribution >= 0.6 is 23.5 Å². The molecule has 2 aromatic carbocycles. The highest BCUT2D eigenvalue weighted by Crippen LogP contribution is 2.12. The summed E-state index contributed by atoms with van der Waals surface area (Å²) in [6.45, 7) is 1.55. The molecule has 0 radical (unpaired) electrons. The third kappa shape index (κ3) is 7.66. The summed E-state index contributed by atoms with van der Waals surface area (Å²) in [5.41, 5.74) is 0. The van der Waals surface area contributed by atoms with Crippen LogP contribution in [-0.2, 0) is 0 Å². The van der Waals surface area contributed by atoms with E-state index in [1.807, 2.05) is 84.2 Å². The molecule has 0 unspecified atom stereocenters. The molecule has 0 aromatic heterocycles. The molecule has 0 aliphatic carbocycles. The minimum atomic E-state index is 0.774. The summed E-state index contributed by atoms with van der Waals surface area (Å²) in [6.07, 6.45) is 0. The molecule has 22 heavy (non-hydrogen) atoms. The summed E-state index contributed by atoms with van der Waals surface area (Å²) in [4.78, 5) is 0. The number of para-hydroxylation sites is 2. The lowest BCUT2D eigenvalue weighted by molar-refractivity contribution is 0.343. The van der Waals surface area contributed by atoms with Gasteiger partial charge < -0.3 is 9.47 Å². The van der Waals surface area contributed by atoms with Gasteiger partial charge in [-0.05, 0) is 24.3 Å². The fourth-order valence-electron chi connectivity index (χ4n) is 1.79. The second-order valence-electron chi connectivity index (χ2n) is 4.55. The van der Waals surface area contributed by atoms with Crippen molar-refractivity contribution < 1.29 is 9.47 Å². The molecule has 0 N–H and O–H groups in total. The Balaban J connectivity index is 1.37. The third-order valence-corrected chi connectivity index (χ3v) is 5.01. The molecule has 0 aliphatic heterocycles. The molecule has 0 spiro atoms. The number of hydrogen-bond acceptors (Lipinski definition) is 4. The molecular weight excluding hydrogens is 312 g/mol. The predicted molar refractivity (Wildman–Crippen MR) is 98.5 cm³/mol. The summed E-state index contributed by atoms with van der Waals surface area (Å²) in [6, 6.07) is 20.0. The first kappa shape index (κ1) is 17.1. The van der Waals surface area contributed by atoms with Crippen molar-refractivity contribution in [3.8, 4) is 11.5 Å². The maximum Gasteiger partial charge on any atom is 0.119 e. The van der Waals surface area contributed by atoms with Crippen LogP contribution in [0.25, 0.3) is 0 Å². The van der Waals surface area contributed by atoms with Crippen LogP contribution in [-0.4, -0.2) is 36.2 Å². The van der Waals surface area contributed by atoms with Gasteiger partial charge in [-0.3, -0.25) is 0 Å². The van der Waals surface area contributed by atoms with Crippen molar-refractivity contribution in [1.29, 1.82) is 0 Å².